The Morgan fingerprint density at radius 3 is 2.14 bits per heavy atom. The minimum Gasteiger partial charge on any atom is -0.748 e. The van der Waals surface area contributed by atoms with Gasteiger partial charge >= 0.3 is 0 Å². The third kappa shape index (κ3) is 14.3. The lowest BCUT2D eigenvalue weighted by Crippen LogP contribution is -3.04. The van der Waals surface area contributed by atoms with Crippen LogP contribution >= 0.6 is 0 Å². The van der Waals surface area contributed by atoms with Crippen molar-refractivity contribution in [3.63, 3.8) is 0 Å². The third-order valence-corrected chi connectivity index (χ3v) is 3.61. The van der Waals surface area contributed by atoms with E-state index in [1.165, 1.54) is 64.3 Å². The van der Waals surface area contributed by atoms with Gasteiger partial charge in [-0.1, -0.05) is 46.0 Å². The van der Waals surface area contributed by atoms with Crippen molar-refractivity contribution < 1.29 is 17.9 Å². The molecule has 130 valence electrons. The van der Waals surface area contributed by atoms with E-state index in [-0.39, 0.29) is 0 Å². The van der Waals surface area contributed by atoms with Crippen molar-refractivity contribution in [1.29, 1.82) is 0 Å². The van der Waals surface area contributed by atoms with Crippen LogP contribution in [0.15, 0.2) is 24.0 Å². The molecule has 1 N–H and O–H groups in total. The maximum absolute atomic E-state index is 9.08. The average Bonchev–Trinajstić information content (AvgIpc) is 2.86. The number of hydrogen-bond donors (Lipinski definition) is 1. The molecular formula is C17H33NO3S. The second-order valence-corrected chi connectivity index (χ2v) is 7.31. The van der Waals surface area contributed by atoms with Gasteiger partial charge in [-0.3, -0.25) is 4.90 Å². The fraction of sp³-hybridized carbons (Fsp3) is 0.765. The Hall–Kier alpha value is -0.650. The highest BCUT2D eigenvalue weighted by Gasteiger charge is 2.15. The minimum atomic E-state index is -3.92. The van der Waals surface area contributed by atoms with Gasteiger partial charge in [-0.2, -0.15) is 0 Å². The van der Waals surface area contributed by atoms with Crippen molar-refractivity contribution in [3.05, 3.63) is 24.0 Å². The molecule has 0 aromatic heterocycles. The molecule has 0 saturated heterocycles. The van der Waals surface area contributed by atoms with E-state index in [1.807, 2.05) is 0 Å². The molecule has 1 aliphatic heterocycles. The van der Waals surface area contributed by atoms with Crippen LogP contribution in [0.1, 0.15) is 71.6 Å². The topological polar surface area (TPSA) is 61.6 Å². The molecule has 1 heterocycles. The van der Waals surface area contributed by atoms with Gasteiger partial charge in [-0.25, -0.2) is 8.42 Å². The normalized spacial score (nSPS) is 17.1. The number of hydrogen-bond acceptors (Lipinski definition) is 3. The lowest BCUT2D eigenvalue weighted by atomic mass is 10.1. The Kier molecular flexibility index (Phi) is 12.5. The van der Waals surface area contributed by atoms with E-state index in [4.69, 9.17) is 13.0 Å². The summed E-state index contributed by atoms with van der Waals surface area (Å²) in [7, 11) is -3.92. The Morgan fingerprint density at radius 1 is 1.00 bits per heavy atom. The fourth-order valence-electron chi connectivity index (χ4n) is 2.45. The van der Waals surface area contributed by atoms with Gasteiger partial charge in [0.05, 0.1) is 22.9 Å². The molecule has 0 aliphatic carbocycles. The number of quaternary nitrogens is 1. The van der Waals surface area contributed by atoms with Crippen LogP contribution in [0.2, 0.25) is 0 Å². The van der Waals surface area contributed by atoms with Gasteiger partial charge in [-0.05, 0) is 25.3 Å². The Labute approximate surface area is 137 Å². The average molecular weight is 332 g/mol. The van der Waals surface area contributed by atoms with Crippen molar-refractivity contribution in [2.75, 3.05) is 12.8 Å². The van der Waals surface area contributed by atoms with Gasteiger partial charge in [0.15, 0.2) is 0 Å². The molecule has 1 unspecified atom stereocenters. The molecular weight excluding hydrogens is 298 g/mol. The molecule has 22 heavy (non-hydrogen) atoms. The molecule has 4 nitrogen and oxygen atoms in total. The van der Waals surface area contributed by atoms with Crippen molar-refractivity contribution in [3.8, 4) is 0 Å². The number of unbranched alkanes of at least 4 members (excludes halogenated alkanes) is 6. The molecule has 0 saturated carbocycles. The van der Waals surface area contributed by atoms with Gasteiger partial charge in [0.2, 0.25) is 0 Å². The van der Waals surface area contributed by atoms with E-state index in [9.17, 15) is 0 Å². The molecule has 0 bridgehead atoms. The second kappa shape index (κ2) is 12.9. The highest BCUT2D eigenvalue weighted by Crippen LogP contribution is 2.06. The molecule has 0 amide bonds. The molecule has 0 spiro atoms. The van der Waals surface area contributed by atoms with E-state index in [0.29, 0.717) is 6.26 Å². The van der Waals surface area contributed by atoms with Gasteiger partial charge in [0.25, 0.3) is 0 Å². The van der Waals surface area contributed by atoms with Crippen molar-refractivity contribution in [2.45, 2.75) is 71.6 Å². The fourth-order valence-corrected chi connectivity index (χ4v) is 2.45. The van der Waals surface area contributed by atoms with Gasteiger partial charge in [0.1, 0.15) is 5.70 Å². The molecule has 1 rings (SSSR count). The van der Waals surface area contributed by atoms with Crippen LogP contribution in [0.5, 0.6) is 0 Å². The smallest absolute Gasteiger partial charge is 0.112 e. The molecule has 0 aromatic carbocycles. The zero-order chi connectivity index (χ0) is 16.8. The zero-order valence-electron chi connectivity index (χ0n) is 14.4. The summed E-state index contributed by atoms with van der Waals surface area (Å²) in [6, 6.07) is 0. The van der Waals surface area contributed by atoms with Crippen molar-refractivity contribution in [2.24, 2.45) is 0 Å². The summed E-state index contributed by atoms with van der Waals surface area (Å²) < 4.78 is 27.2. The largest absolute Gasteiger partial charge is 0.748 e. The quantitative estimate of drug-likeness (QED) is 0.494. The van der Waals surface area contributed by atoms with E-state index in [1.54, 1.807) is 10.6 Å². The molecule has 1 atom stereocenters. The van der Waals surface area contributed by atoms with E-state index >= 15 is 0 Å². The second-order valence-electron chi connectivity index (χ2n) is 5.90. The van der Waals surface area contributed by atoms with E-state index in [2.05, 4.69) is 32.2 Å². The first-order valence-corrected chi connectivity index (χ1v) is 10.3. The summed E-state index contributed by atoms with van der Waals surface area (Å²) in [6.07, 6.45) is 19.8. The molecule has 0 aromatic rings. The van der Waals surface area contributed by atoms with Crippen LogP contribution in [0.4, 0.5) is 0 Å². The highest BCUT2D eigenvalue weighted by molar-refractivity contribution is 7.84. The number of nitrogens with one attached hydrogen (secondary N) is 1. The summed E-state index contributed by atoms with van der Waals surface area (Å²) in [6.45, 7) is 5.86. The van der Waals surface area contributed by atoms with Gasteiger partial charge in [-0.15, -0.1) is 0 Å². The molecule has 5 heteroatoms. The predicted molar refractivity (Wildman–Crippen MR) is 91.6 cm³/mol. The van der Waals surface area contributed by atoms with Crippen molar-refractivity contribution >= 4 is 10.1 Å². The van der Waals surface area contributed by atoms with Crippen molar-refractivity contribution in [1.82, 2.24) is 0 Å². The lowest BCUT2D eigenvalue weighted by molar-refractivity contribution is -0.804. The summed E-state index contributed by atoms with van der Waals surface area (Å²) in [5, 5.41) is 0. The third-order valence-electron chi connectivity index (χ3n) is 3.61. The molecule has 1 aliphatic rings. The predicted octanol–water partition coefficient (Wildman–Crippen LogP) is 2.99. The van der Waals surface area contributed by atoms with E-state index in [0.717, 1.165) is 0 Å². The number of allylic oxidation sites excluding steroid dienone is 3. The summed E-state index contributed by atoms with van der Waals surface area (Å²) in [5.41, 5.74) is 1.61. The zero-order valence-corrected chi connectivity index (χ0v) is 15.3. The van der Waals surface area contributed by atoms with Crippen LogP contribution in [0.25, 0.3) is 0 Å². The number of rotatable bonds is 10. The maximum atomic E-state index is 9.08. The van der Waals surface area contributed by atoms with Gasteiger partial charge < -0.3 is 4.55 Å². The van der Waals surface area contributed by atoms with Crippen LogP contribution < -0.4 is 4.90 Å². The standard InChI is InChI=1S/C16H29N.CH4O3S/c1-3-5-7-8-9-10-14-17-15-11-13-16(17)12-6-4-2;1-5(2,3)4/h11,13,15H,3-10,12,14H2,1-2H3;1H3,(H,2,3,4). The molecule has 0 fully saturated rings. The first kappa shape index (κ1) is 21.4. The lowest BCUT2D eigenvalue weighted by Gasteiger charge is -2.14. The SMILES string of the molecule is CCCCCCCC[NH+]1C=CC=C1CCCC.CS(=O)(=O)[O-]. The molecule has 0 radical (unpaired) electrons. The minimum absolute atomic E-state index is 0.604. The van der Waals surface area contributed by atoms with Crippen LogP contribution in [0.3, 0.4) is 0 Å². The highest BCUT2D eigenvalue weighted by atomic mass is 32.2. The first-order valence-electron chi connectivity index (χ1n) is 8.52. The van der Waals surface area contributed by atoms with Crippen LogP contribution in [-0.4, -0.2) is 25.8 Å². The summed E-state index contributed by atoms with van der Waals surface area (Å²) >= 11 is 0. The summed E-state index contributed by atoms with van der Waals surface area (Å²) in [5.74, 6) is 0. The monoisotopic (exact) mass is 331 g/mol. The van der Waals surface area contributed by atoms with E-state index < -0.39 is 10.1 Å². The summed E-state index contributed by atoms with van der Waals surface area (Å²) in [4.78, 5) is 1.62. The Balaban J connectivity index is 0.000000763. The van der Waals surface area contributed by atoms with Crippen LogP contribution in [0, 0.1) is 0 Å². The maximum Gasteiger partial charge on any atom is 0.112 e. The van der Waals surface area contributed by atoms with Gasteiger partial charge in [0, 0.05) is 18.8 Å². The Morgan fingerprint density at radius 2 is 1.55 bits per heavy atom. The first-order chi connectivity index (χ1) is 10.4. The van der Waals surface area contributed by atoms with Crippen LogP contribution in [-0.2, 0) is 10.1 Å². The Bertz CT molecular complexity index is 419.